The summed E-state index contributed by atoms with van der Waals surface area (Å²) in [5, 5.41) is 22.7. The third kappa shape index (κ3) is 5.25. The number of aromatic hydroxyl groups is 1. The summed E-state index contributed by atoms with van der Waals surface area (Å²) in [5.41, 5.74) is 1.04. The minimum absolute atomic E-state index is 0.0609. The zero-order chi connectivity index (χ0) is 20.1. The largest absolute Gasteiger partial charge is 0.508 e. The molecule has 7 nitrogen and oxygen atoms in total. The number of carbonyl (C=O) groups is 2. The first-order chi connectivity index (χ1) is 13.4. The van der Waals surface area contributed by atoms with Crippen molar-refractivity contribution in [3.8, 4) is 5.75 Å². The van der Waals surface area contributed by atoms with Crippen LogP contribution in [0.1, 0.15) is 12.0 Å². The lowest BCUT2D eigenvalue weighted by molar-refractivity contribution is -0.122. The third-order valence-electron chi connectivity index (χ3n) is 3.60. The van der Waals surface area contributed by atoms with Crippen molar-refractivity contribution in [2.24, 2.45) is 10.2 Å². The van der Waals surface area contributed by atoms with Crippen LogP contribution in [0.2, 0.25) is 10.0 Å². The number of carbonyl (C=O) groups excluding carboxylic acids is 2. The van der Waals surface area contributed by atoms with Crippen LogP contribution in [0.4, 0.5) is 5.69 Å². The van der Waals surface area contributed by atoms with Crippen LogP contribution in [-0.4, -0.2) is 33.6 Å². The second kappa shape index (κ2) is 9.09. The van der Waals surface area contributed by atoms with Crippen LogP contribution < -0.4 is 10.6 Å². The molecule has 10 heteroatoms. The van der Waals surface area contributed by atoms with Crippen molar-refractivity contribution in [3.05, 3.63) is 58.1 Å². The fourth-order valence-electron chi connectivity index (χ4n) is 2.31. The van der Waals surface area contributed by atoms with E-state index >= 15 is 0 Å². The topological polar surface area (TPSA) is 103 Å². The first kappa shape index (κ1) is 20.2. The van der Waals surface area contributed by atoms with E-state index < -0.39 is 5.25 Å². The van der Waals surface area contributed by atoms with E-state index in [0.717, 1.165) is 11.8 Å². The number of amides is 2. The lowest BCUT2D eigenvalue weighted by Gasteiger charge is -2.09. The van der Waals surface area contributed by atoms with Gasteiger partial charge in [-0.25, -0.2) is 0 Å². The highest BCUT2D eigenvalue weighted by Crippen LogP contribution is 2.30. The van der Waals surface area contributed by atoms with Gasteiger partial charge in [-0.1, -0.05) is 53.2 Å². The Balaban J connectivity index is 1.58. The molecule has 3 N–H and O–H groups in total. The molecule has 1 saturated heterocycles. The molecule has 144 valence electrons. The van der Waals surface area contributed by atoms with E-state index in [1.165, 1.54) is 12.3 Å². The molecule has 0 saturated carbocycles. The minimum Gasteiger partial charge on any atom is -0.508 e. The summed E-state index contributed by atoms with van der Waals surface area (Å²) >= 11 is 13.1. The number of rotatable bonds is 5. The standard InChI is InChI=1S/C18H14Cl2N4O3S/c19-12-5-2-6-13(16(12)20)22-15(26)8-14-17(27)23-18(28-14)24-21-9-10-3-1-4-11(25)7-10/h1-7,9,14,25H,8H2,(H,22,26)(H,23,24,27)/b21-9+. The number of nitrogens with zero attached hydrogens (tertiary/aromatic N) is 2. The number of phenols is 1. The number of anilines is 1. The summed E-state index contributed by atoms with van der Waals surface area (Å²) in [6.07, 6.45) is 1.38. The third-order valence-corrected chi connectivity index (χ3v) is 5.49. The molecule has 2 aromatic rings. The Labute approximate surface area is 174 Å². The summed E-state index contributed by atoms with van der Waals surface area (Å²) in [7, 11) is 0. The van der Waals surface area contributed by atoms with E-state index in [1.54, 1.807) is 36.4 Å². The molecule has 0 radical (unpaired) electrons. The maximum absolute atomic E-state index is 12.2. The average molecular weight is 437 g/mol. The van der Waals surface area contributed by atoms with Gasteiger partial charge >= 0.3 is 0 Å². The van der Waals surface area contributed by atoms with Crippen LogP contribution in [0.5, 0.6) is 5.75 Å². The highest BCUT2D eigenvalue weighted by atomic mass is 35.5. The number of hydrogen-bond acceptors (Lipinski definition) is 6. The molecule has 28 heavy (non-hydrogen) atoms. The fourth-order valence-corrected chi connectivity index (χ4v) is 3.58. The average Bonchev–Trinajstić information content (AvgIpc) is 2.98. The van der Waals surface area contributed by atoms with Gasteiger partial charge in [0.2, 0.25) is 11.8 Å². The smallest absolute Gasteiger partial charge is 0.240 e. The number of benzene rings is 2. The van der Waals surface area contributed by atoms with Gasteiger partial charge < -0.3 is 15.7 Å². The van der Waals surface area contributed by atoms with E-state index in [4.69, 9.17) is 23.2 Å². The Morgan fingerprint density at radius 1 is 1.29 bits per heavy atom. The van der Waals surface area contributed by atoms with Gasteiger partial charge in [0.25, 0.3) is 0 Å². The second-order valence-electron chi connectivity index (χ2n) is 5.69. The Kier molecular flexibility index (Phi) is 6.56. The summed E-state index contributed by atoms with van der Waals surface area (Å²) < 4.78 is 0. The molecule has 1 unspecified atom stereocenters. The molecule has 1 heterocycles. The highest BCUT2D eigenvalue weighted by molar-refractivity contribution is 8.15. The van der Waals surface area contributed by atoms with Crippen molar-refractivity contribution in [2.45, 2.75) is 11.7 Å². The molecular weight excluding hydrogens is 423 g/mol. The zero-order valence-electron chi connectivity index (χ0n) is 14.2. The SMILES string of the molecule is O=C(CC1S/C(=N/N=C/c2cccc(O)c2)NC1=O)Nc1cccc(Cl)c1Cl. The lowest BCUT2D eigenvalue weighted by atomic mass is 10.2. The molecule has 3 rings (SSSR count). The summed E-state index contributed by atoms with van der Waals surface area (Å²) in [6.45, 7) is 0. The van der Waals surface area contributed by atoms with Crippen LogP contribution >= 0.6 is 35.0 Å². The van der Waals surface area contributed by atoms with E-state index in [0.29, 0.717) is 21.4 Å². The Hall–Kier alpha value is -2.55. The molecule has 2 amide bonds. The molecule has 0 aromatic heterocycles. The fraction of sp³-hybridized carbons (Fsp3) is 0.111. The van der Waals surface area contributed by atoms with Gasteiger partial charge in [-0.3, -0.25) is 9.59 Å². The Morgan fingerprint density at radius 2 is 2.07 bits per heavy atom. The van der Waals surface area contributed by atoms with Crippen LogP contribution in [0, 0.1) is 0 Å². The van der Waals surface area contributed by atoms with E-state index in [9.17, 15) is 14.7 Å². The number of hydrogen-bond donors (Lipinski definition) is 3. The molecule has 1 atom stereocenters. The Morgan fingerprint density at radius 3 is 2.86 bits per heavy atom. The van der Waals surface area contributed by atoms with Crippen molar-refractivity contribution in [1.29, 1.82) is 0 Å². The van der Waals surface area contributed by atoms with Gasteiger partial charge in [0, 0.05) is 6.42 Å². The minimum atomic E-state index is -0.632. The quantitative estimate of drug-likeness (QED) is 0.491. The first-order valence-corrected chi connectivity index (χ1v) is 9.67. The van der Waals surface area contributed by atoms with Crippen LogP contribution in [0.15, 0.2) is 52.7 Å². The predicted octanol–water partition coefficient (Wildman–Crippen LogP) is 3.65. The molecular formula is C18H14Cl2N4O3S. The van der Waals surface area contributed by atoms with Crippen LogP contribution in [0.25, 0.3) is 0 Å². The molecule has 2 aromatic carbocycles. The zero-order valence-corrected chi connectivity index (χ0v) is 16.6. The van der Waals surface area contributed by atoms with Gasteiger partial charge in [0.1, 0.15) is 11.0 Å². The summed E-state index contributed by atoms with van der Waals surface area (Å²) in [6, 6.07) is 11.4. The van der Waals surface area contributed by atoms with Crippen molar-refractivity contribution in [2.75, 3.05) is 5.32 Å². The van der Waals surface area contributed by atoms with Crippen LogP contribution in [0.3, 0.4) is 0 Å². The molecule has 1 aliphatic heterocycles. The maximum atomic E-state index is 12.2. The molecule has 0 spiro atoms. The van der Waals surface area contributed by atoms with Gasteiger partial charge in [-0.15, -0.1) is 5.10 Å². The van der Waals surface area contributed by atoms with Gasteiger partial charge in [0.15, 0.2) is 5.17 Å². The van der Waals surface area contributed by atoms with Crippen molar-refractivity contribution in [1.82, 2.24) is 5.32 Å². The maximum Gasteiger partial charge on any atom is 0.240 e. The molecule has 0 bridgehead atoms. The van der Waals surface area contributed by atoms with Crippen LogP contribution in [-0.2, 0) is 9.59 Å². The normalized spacial score (nSPS) is 17.9. The van der Waals surface area contributed by atoms with Gasteiger partial charge in [0.05, 0.1) is 21.9 Å². The Bertz CT molecular complexity index is 981. The molecule has 0 aliphatic carbocycles. The number of thioether (sulfide) groups is 1. The van der Waals surface area contributed by atoms with Gasteiger partial charge in [-0.05, 0) is 29.8 Å². The predicted molar refractivity (Wildman–Crippen MR) is 112 cm³/mol. The van der Waals surface area contributed by atoms with E-state index in [-0.39, 0.29) is 29.0 Å². The van der Waals surface area contributed by atoms with Crippen molar-refractivity contribution in [3.63, 3.8) is 0 Å². The van der Waals surface area contributed by atoms with Crippen molar-refractivity contribution < 1.29 is 14.7 Å². The lowest BCUT2D eigenvalue weighted by Crippen LogP contribution is -2.28. The summed E-state index contributed by atoms with van der Waals surface area (Å²) in [5.74, 6) is -0.587. The molecule has 1 aliphatic rings. The van der Waals surface area contributed by atoms with E-state index in [1.807, 2.05) is 0 Å². The summed E-state index contributed by atoms with van der Waals surface area (Å²) in [4.78, 5) is 24.3. The number of nitrogens with one attached hydrogen (secondary N) is 2. The first-order valence-electron chi connectivity index (χ1n) is 8.04. The number of halogens is 2. The van der Waals surface area contributed by atoms with Crippen molar-refractivity contribution >= 4 is 63.8 Å². The molecule has 1 fully saturated rings. The number of amidine groups is 1. The highest BCUT2D eigenvalue weighted by Gasteiger charge is 2.32. The monoisotopic (exact) mass is 436 g/mol. The van der Waals surface area contributed by atoms with Gasteiger partial charge in [-0.2, -0.15) is 5.10 Å². The number of phenolic OH excluding ortho intramolecular Hbond substituents is 1. The second-order valence-corrected chi connectivity index (χ2v) is 7.67. The van der Waals surface area contributed by atoms with E-state index in [2.05, 4.69) is 20.8 Å².